The summed E-state index contributed by atoms with van der Waals surface area (Å²) in [6.07, 6.45) is 1.05. The van der Waals surface area contributed by atoms with Crippen molar-refractivity contribution in [1.82, 2.24) is 0 Å². The van der Waals surface area contributed by atoms with E-state index in [4.69, 9.17) is 0 Å². The molecule has 2 nitrogen and oxygen atoms in total. The van der Waals surface area contributed by atoms with Crippen LogP contribution in [-0.2, 0) is 10.8 Å². The summed E-state index contributed by atoms with van der Waals surface area (Å²) in [4.78, 5) is 0. The van der Waals surface area contributed by atoms with Crippen LogP contribution in [0.2, 0.25) is 0 Å². The first-order valence-corrected chi connectivity index (χ1v) is 14.2. The molecule has 0 aromatic heterocycles. The third-order valence-electron chi connectivity index (χ3n) is 7.62. The van der Waals surface area contributed by atoms with Gasteiger partial charge in [-0.15, -0.1) is 0 Å². The third-order valence-corrected chi connectivity index (χ3v) is 8.73. The molecule has 1 aliphatic carbocycles. The molecule has 0 fully saturated rings. The molecule has 0 bridgehead atoms. The number of hydrogen-bond donors (Lipinski definition) is 0. The average Bonchev–Trinajstić information content (AvgIpc) is 3.09. The van der Waals surface area contributed by atoms with Crippen LogP contribution in [0.25, 0.3) is 22.3 Å². The lowest BCUT2D eigenvalue weighted by atomic mass is 9.74. The molecule has 0 saturated carbocycles. The molecule has 36 heavy (non-hydrogen) atoms. The van der Waals surface area contributed by atoms with E-state index in [1.54, 1.807) is 0 Å². The van der Waals surface area contributed by atoms with Crippen molar-refractivity contribution < 1.29 is 0 Å². The zero-order chi connectivity index (χ0) is 25.7. The monoisotopic (exact) mass is 522 g/mol. The van der Waals surface area contributed by atoms with Crippen LogP contribution in [0.4, 0.5) is 11.4 Å². The van der Waals surface area contributed by atoms with Crippen LogP contribution in [-0.4, -0.2) is 66.0 Å². The van der Waals surface area contributed by atoms with Gasteiger partial charge in [-0.3, -0.25) is 0 Å². The summed E-state index contributed by atoms with van der Waals surface area (Å²) >= 11 is 11.3. The van der Waals surface area contributed by atoms with Crippen molar-refractivity contribution in [1.29, 1.82) is 0 Å². The maximum atomic E-state index is 2.82. The molecule has 0 saturated heterocycles. The van der Waals surface area contributed by atoms with Gasteiger partial charge in [0.25, 0.3) is 66.0 Å². The topological polar surface area (TPSA) is 6.48 Å². The molecule has 1 unspecified atom stereocenters. The van der Waals surface area contributed by atoms with E-state index in [1.807, 2.05) is 0 Å². The molecular weight excluding hydrogens is 496 g/mol. The zero-order valence-corrected chi connectivity index (χ0v) is 25.7. The zero-order valence-electron chi connectivity index (χ0n) is 21.1. The van der Waals surface area contributed by atoms with Gasteiger partial charge in [0.1, 0.15) is 0 Å². The van der Waals surface area contributed by atoms with Crippen molar-refractivity contribution in [3.63, 3.8) is 0 Å². The fraction of sp³-hybridized carbons (Fsp3) is 0.200. The van der Waals surface area contributed by atoms with Gasteiger partial charge in [-0.2, -0.15) is 0 Å². The van der Waals surface area contributed by atoms with Crippen molar-refractivity contribution >= 4 is 77.4 Å². The smallest absolute Gasteiger partial charge is 0.277 e. The Morgan fingerprint density at radius 3 is 1.67 bits per heavy atom. The van der Waals surface area contributed by atoms with Gasteiger partial charge in [0.05, 0.1) is 0 Å². The summed E-state index contributed by atoms with van der Waals surface area (Å²) in [7, 11) is 0. The lowest BCUT2D eigenvalue weighted by Crippen LogP contribution is -2.24. The highest BCUT2D eigenvalue weighted by atomic mass is 27.1. The maximum Gasteiger partial charge on any atom is 0.277 e. The van der Waals surface area contributed by atoms with E-state index >= 15 is 0 Å². The third kappa shape index (κ3) is 4.66. The molecule has 0 amide bonds. The highest BCUT2D eigenvalue weighted by Gasteiger charge is 2.46. The number of rotatable bonds is 5. The van der Waals surface area contributed by atoms with Gasteiger partial charge < -0.3 is 5.73 Å². The molecule has 0 N–H and O–H groups in total. The average molecular weight is 522 g/mol. The lowest BCUT2D eigenvalue weighted by Gasteiger charge is -2.32. The summed E-state index contributed by atoms with van der Waals surface area (Å²) in [5.41, 5.74) is 11.5. The second-order valence-corrected chi connectivity index (χ2v) is 14.0. The SMILES string of the molecule is CC1(C)CC(C)(c2ccc(-c3ccccc3)c([N]([Al])[Al])c2)c2cc(-c3ccccc3)c([N]([Al])[Al])cc21. The predicted octanol–water partition coefficient (Wildman–Crippen LogP) is 5.95. The van der Waals surface area contributed by atoms with Gasteiger partial charge in [0.2, 0.25) is 0 Å². The van der Waals surface area contributed by atoms with Gasteiger partial charge >= 0.3 is 0 Å². The highest BCUT2D eigenvalue weighted by Crippen LogP contribution is 2.55. The molecule has 0 aliphatic heterocycles. The molecule has 168 valence electrons. The maximum absolute atomic E-state index is 2.82. The van der Waals surface area contributed by atoms with Crippen LogP contribution < -0.4 is 5.73 Å². The molecule has 1 aliphatic rings. The standard InChI is InChI=1S/C30H26N2.4Al/c1-29(2)19-30(3,22-14-15-23(27(31)16-22)20-10-6-4-7-11-20)26-17-24(28(32)18-25(26)29)21-12-8-5-9-13-21;;;;/h4-18H,19H2,1-3H3;;;;. The van der Waals surface area contributed by atoms with Crippen LogP contribution >= 0.6 is 0 Å². The summed E-state index contributed by atoms with van der Waals surface area (Å²) in [6.45, 7) is 7.19. The van der Waals surface area contributed by atoms with E-state index in [-0.39, 0.29) is 10.8 Å². The fourth-order valence-electron chi connectivity index (χ4n) is 5.95. The Hall–Kier alpha value is -1.39. The molecule has 4 aromatic rings. The van der Waals surface area contributed by atoms with Crippen LogP contribution in [0, 0.1) is 0 Å². The summed E-state index contributed by atoms with van der Waals surface area (Å²) in [5.74, 6) is 0. The van der Waals surface area contributed by atoms with E-state index in [2.05, 4.69) is 184 Å². The van der Waals surface area contributed by atoms with Gasteiger partial charge in [-0.1, -0.05) is 93.6 Å². The second kappa shape index (κ2) is 10.1. The van der Waals surface area contributed by atoms with E-state index in [0.717, 1.165) is 6.42 Å². The summed E-state index contributed by atoms with van der Waals surface area (Å²) in [6, 6.07) is 33.2. The Labute approximate surface area is 249 Å². The van der Waals surface area contributed by atoms with Crippen LogP contribution in [0.1, 0.15) is 43.9 Å². The fourth-order valence-corrected chi connectivity index (χ4v) is 6.80. The molecule has 8 radical (unpaired) electrons. The first-order chi connectivity index (χ1) is 17.1. The van der Waals surface area contributed by atoms with E-state index in [1.165, 1.54) is 50.3 Å². The Kier molecular flexibility index (Phi) is 7.33. The van der Waals surface area contributed by atoms with Gasteiger partial charge in [0, 0.05) is 16.5 Å². The molecule has 1 atom stereocenters. The molecule has 6 heteroatoms. The minimum Gasteiger partial charge on any atom is -0.586 e. The van der Waals surface area contributed by atoms with Crippen molar-refractivity contribution in [2.24, 2.45) is 0 Å². The van der Waals surface area contributed by atoms with Crippen molar-refractivity contribution in [2.45, 2.75) is 38.0 Å². The number of benzene rings is 4. The van der Waals surface area contributed by atoms with E-state index in [9.17, 15) is 0 Å². The van der Waals surface area contributed by atoms with Crippen molar-refractivity contribution in [2.75, 3.05) is 5.73 Å². The Morgan fingerprint density at radius 1 is 0.583 bits per heavy atom. The molecule has 4 aromatic carbocycles. The lowest BCUT2D eigenvalue weighted by molar-refractivity contribution is 0.425. The molecule has 0 heterocycles. The van der Waals surface area contributed by atoms with Crippen LogP contribution in [0.3, 0.4) is 0 Å². The molecule has 0 spiro atoms. The Balaban J connectivity index is 1.72. The van der Waals surface area contributed by atoms with Crippen molar-refractivity contribution in [3.8, 4) is 22.3 Å². The van der Waals surface area contributed by atoms with Crippen LogP contribution in [0.5, 0.6) is 0 Å². The first kappa shape index (κ1) is 26.2. The minimum atomic E-state index is -0.108. The van der Waals surface area contributed by atoms with Crippen molar-refractivity contribution in [3.05, 3.63) is 108 Å². The second-order valence-electron chi connectivity index (χ2n) is 10.6. The van der Waals surface area contributed by atoms with Crippen LogP contribution in [0.15, 0.2) is 91.0 Å². The van der Waals surface area contributed by atoms with Gasteiger partial charge in [-0.25, -0.2) is 0 Å². The van der Waals surface area contributed by atoms with E-state index < -0.39 is 0 Å². The number of nitrogens with zero attached hydrogens (tertiary/aromatic N) is 2. The quantitative estimate of drug-likeness (QED) is 0.299. The van der Waals surface area contributed by atoms with Gasteiger partial charge in [0.15, 0.2) is 0 Å². The molecule has 5 rings (SSSR count). The highest BCUT2D eigenvalue weighted by molar-refractivity contribution is 6.42. The molecular formula is C30H26Al4N2. The normalized spacial score (nSPS) is 18.0. The summed E-state index contributed by atoms with van der Waals surface area (Å²) < 4.78 is 4.16. The number of fused-ring (bicyclic) bond motifs is 1. The largest absolute Gasteiger partial charge is 0.586 e. The number of anilines is 2. The minimum absolute atomic E-state index is 0.0548. The number of hydrogen-bond acceptors (Lipinski definition) is 2. The Bertz CT molecular complexity index is 1400. The summed E-state index contributed by atoms with van der Waals surface area (Å²) in [5, 5.41) is 0. The Morgan fingerprint density at radius 2 is 1.11 bits per heavy atom. The van der Waals surface area contributed by atoms with Gasteiger partial charge in [-0.05, 0) is 69.2 Å². The first-order valence-electron chi connectivity index (χ1n) is 12.2. The predicted molar refractivity (Wildman–Crippen MR) is 156 cm³/mol. The van der Waals surface area contributed by atoms with E-state index in [0.29, 0.717) is 0 Å².